The first-order valence-electron chi connectivity index (χ1n) is 11.4. The summed E-state index contributed by atoms with van der Waals surface area (Å²) in [4.78, 5) is 39.2. The summed E-state index contributed by atoms with van der Waals surface area (Å²) in [5.74, 6) is -1.00. The molecule has 0 radical (unpaired) electrons. The van der Waals surface area contributed by atoms with E-state index < -0.39 is 12.0 Å². The van der Waals surface area contributed by atoms with Crippen LogP contribution in [0.1, 0.15) is 80.6 Å². The van der Waals surface area contributed by atoms with Crippen LogP contribution in [-0.4, -0.2) is 48.4 Å². The minimum Gasteiger partial charge on any atom is -0.466 e. The van der Waals surface area contributed by atoms with Crippen molar-refractivity contribution in [3.8, 4) is 0 Å². The van der Waals surface area contributed by atoms with Gasteiger partial charge in [0.2, 0.25) is 5.91 Å². The Morgan fingerprint density at radius 3 is 2.48 bits per heavy atom. The standard InChI is InChI=1S/C24H35BrN2O4/c1-3-4-5-6-7-8-9-10-15-31-22(28)17-21-23(29)26-13-14-27(21)24(30)19-12-11-18(2)20(25)16-19/h11-12,16,21H,3-10,13-15,17H2,1-2H3,(H,26,29). The van der Waals surface area contributed by atoms with Gasteiger partial charge in [-0.25, -0.2) is 0 Å². The molecule has 1 heterocycles. The summed E-state index contributed by atoms with van der Waals surface area (Å²) in [6.07, 6.45) is 9.24. The average molecular weight is 495 g/mol. The van der Waals surface area contributed by atoms with Gasteiger partial charge < -0.3 is 15.0 Å². The number of unbranched alkanes of at least 4 members (excludes halogenated alkanes) is 7. The number of hydrogen-bond acceptors (Lipinski definition) is 4. The highest BCUT2D eigenvalue weighted by Gasteiger charge is 2.35. The zero-order valence-corrected chi connectivity index (χ0v) is 20.3. The highest BCUT2D eigenvalue weighted by atomic mass is 79.9. The van der Waals surface area contributed by atoms with E-state index in [2.05, 4.69) is 28.2 Å². The summed E-state index contributed by atoms with van der Waals surface area (Å²) in [6.45, 7) is 5.26. The fourth-order valence-corrected chi connectivity index (χ4v) is 4.07. The van der Waals surface area contributed by atoms with Crippen LogP contribution < -0.4 is 5.32 Å². The monoisotopic (exact) mass is 494 g/mol. The summed E-state index contributed by atoms with van der Waals surface area (Å²) in [5, 5.41) is 2.75. The lowest BCUT2D eigenvalue weighted by molar-refractivity contribution is -0.147. The first-order valence-corrected chi connectivity index (χ1v) is 12.2. The van der Waals surface area contributed by atoms with Crippen molar-refractivity contribution >= 4 is 33.7 Å². The van der Waals surface area contributed by atoms with Crippen LogP contribution in [-0.2, 0) is 14.3 Å². The van der Waals surface area contributed by atoms with Gasteiger partial charge in [-0.3, -0.25) is 14.4 Å². The number of aryl methyl sites for hydroxylation is 1. The molecule has 2 rings (SSSR count). The van der Waals surface area contributed by atoms with Crippen LogP contribution in [0, 0.1) is 6.92 Å². The quantitative estimate of drug-likeness (QED) is 0.335. The van der Waals surface area contributed by atoms with E-state index in [1.54, 1.807) is 12.1 Å². The number of hydrogen-bond donors (Lipinski definition) is 1. The Bertz CT molecular complexity index is 753. The van der Waals surface area contributed by atoms with Gasteiger partial charge in [0.05, 0.1) is 13.0 Å². The number of carbonyl (C=O) groups excluding carboxylic acids is 3. The van der Waals surface area contributed by atoms with E-state index in [0.29, 0.717) is 25.3 Å². The normalized spacial score (nSPS) is 16.2. The molecule has 1 aromatic rings. The number of piperazine rings is 1. The van der Waals surface area contributed by atoms with Gasteiger partial charge in [-0.05, 0) is 31.0 Å². The summed E-state index contributed by atoms with van der Waals surface area (Å²) < 4.78 is 6.18. The molecule has 0 aromatic heterocycles. The van der Waals surface area contributed by atoms with E-state index in [1.807, 2.05) is 13.0 Å². The van der Waals surface area contributed by atoms with E-state index in [0.717, 1.165) is 29.3 Å². The number of benzene rings is 1. The number of rotatable bonds is 12. The molecule has 1 unspecified atom stereocenters. The minimum absolute atomic E-state index is 0.123. The lowest BCUT2D eigenvalue weighted by atomic mass is 10.1. The Morgan fingerprint density at radius 1 is 1.13 bits per heavy atom. The summed E-state index contributed by atoms with van der Waals surface area (Å²) >= 11 is 3.44. The van der Waals surface area contributed by atoms with E-state index in [9.17, 15) is 14.4 Å². The Morgan fingerprint density at radius 2 is 1.81 bits per heavy atom. The molecule has 31 heavy (non-hydrogen) atoms. The number of carbonyl (C=O) groups is 3. The molecular weight excluding hydrogens is 460 g/mol. The minimum atomic E-state index is -0.840. The van der Waals surface area contributed by atoms with Crippen LogP contribution in [0.2, 0.25) is 0 Å². The lowest BCUT2D eigenvalue weighted by Gasteiger charge is -2.34. The van der Waals surface area contributed by atoms with Crippen LogP contribution in [0.15, 0.2) is 22.7 Å². The van der Waals surface area contributed by atoms with E-state index in [4.69, 9.17) is 4.74 Å². The topological polar surface area (TPSA) is 75.7 Å². The Labute approximate surface area is 194 Å². The fraction of sp³-hybridized carbons (Fsp3) is 0.625. The molecule has 172 valence electrons. The van der Waals surface area contributed by atoms with Crippen molar-refractivity contribution in [3.63, 3.8) is 0 Å². The van der Waals surface area contributed by atoms with E-state index in [1.165, 1.54) is 37.0 Å². The molecule has 1 saturated heterocycles. The van der Waals surface area contributed by atoms with Gasteiger partial charge in [0, 0.05) is 23.1 Å². The number of nitrogens with one attached hydrogen (secondary N) is 1. The number of halogens is 1. The molecule has 0 aliphatic carbocycles. The number of ether oxygens (including phenoxy) is 1. The largest absolute Gasteiger partial charge is 0.466 e. The van der Waals surface area contributed by atoms with Crippen LogP contribution in [0.4, 0.5) is 0 Å². The molecule has 1 aliphatic rings. The van der Waals surface area contributed by atoms with Crippen LogP contribution >= 0.6 is 15.9 Å². The summed E-state index contributed by atoms with van der Waals surface area (Å²) in [7, 11) is 0. The average Bonchev–Trinajstić information content (AvgIpc) is 2.75. The number of esters is 1. The third-order valence-corrected chi connectivity index (χ3v) is 6.49. The molecule has 1 N–H and O–H groups in total. The zero-order chi connectivity index (χ0) is 22.6. The molecule has 2 amide bonds. The second-order valence-corrected chi connectivity index (χ2v) is 9.02. The van der Waals surface area contributed by atoms with Crippen molar-refractivity contribution in [2.75, 3.05) is 19.7 Å². The Balaban J connectivity index is 1.80. The van der Waals surface area contributed by atoms with E-state index >= 15 is 0 Å². The SMILES string of the molecule is CCCCCCCCCCOC(=O)CC1C(=O)NCCN1C(=O)c1ccc(C)c(Br)c1. The number of nitrogens with zero attached hydrogens (tertiary/aromatic N) is 1. The molecule has 0 saturated carbocycles. The van der Waals surface area contributed by atoms with Crippen molar-refractivity contribution < 1.29 is 19.1 Å². The van der Waals surface area contributed by atoms with Crippen molar-refractivity contribution in [2.24, 2.45) is 0 Å². The van der Waals surface area contributed by atoms with Crippen LogP contribution in [0.5, 0.6) is 0 Å². The smallest absolute Gasteiger partial charge is 0.308 e. The Hall–Kier alpha value is -1.89. The lowest BCUT2D eigenvalue weighted by Crippen LogP contribution is -2.57. The van der Waals surface area contributed by atoms with Crippen LogP contribution in [0.3, 0.4) is 0 Å². The molecule has 0 spiro atoms. The molecular formula is C24H35BrN2O4. The predicted molar refractivity (Wildman–Crippen MR) is 125 cm³/mol. The van der Waals surface area contributed by atoms with Crippen molar-refractivity contribution in [1.29, 1.82) is 0 Å². The van der Waals surface area contributed by atoms with Crippen molar-refractivity contribution in [1.82, 2.24) is 10.2 Å². The molecule has 7 heteroatoms. The first-order chi connectivity index (χ1) is 14.9. The fourth-order valence-electron chi connectivity index (χ4n) is 3.69. The molecule has 1 fully saturated rings. The second-order valence-electron chi connectivity index (χ2n) is 8.17. The third-order valence-electron chi connectivity index (χ3n) is 5.63. The van der Waals surface area contributed by atoms with E-state index in [-0.39, 0.29) is 18.2 Å². The third kappa shape index (κ3) is 8.28. The van der Waals surface area contributed by atoms with Gasteiger partial charge in [-0.15, -0.1) is 0 Å². The van der Waals surface area contributed by atoms with Gasteiger partial charge in [0.15, 0.2) is 0 Å². The highest BCUT2D eigenvalue weighted by molar-refractivity contribution is 9.10. The van der Waals surface area contributed by atoms with Gasteiger partial charge >= 0.3 is 5.97 Å². The predicted octanol–water partition coefficient (Wildman–Crippen LogP) is 4.77. The second kappa shape index (κ2) is 13.5. The summed E-state index contributed by atoms with van der Waals surface area (Å²) in [6, 6.07) is 4.51. The van der Waals surface area contributed by atoms with Gasteiger partial charge in [0.25, 0.3) is 5.91 Å². The maximum atomic E-state index is 13.0. The van der Waals surface area contributed by atoms with Gasteiger partial charge in [-0.2, -0.15) is 0 Å². The van der Waals surface area contributed by atoms with Crippen molar-refractivity contribution in [3.05, 3.63) is 33.8 Å². The highest BCUT2D eigenvalue weighted by Crippen LogP contribution is 2.21. The maximum Gasteiger partial charge on any atom is 0.308 e. The Kier molecular flexibility index (Phi) is 11.1. The first kappa shape index (κ1) is 25.4. The van der Waals surface area contributed by atoms with Gasteiger partial charge in [-0.1, -0.05) is 73.9 Å². The zero-order valence-electron chi connectivity index (χ0n) is 18.8. The molecule has 0 bridgehead atoms. The molecule has 1 aromatic carbocycles. The number of amides is 2. The van der Waals surface area contributed by atoms with Crippen LogP contribution in [0.25, 0.3) is 0 Å². The summed E-state index contributed by atoms with van der Waals surface area (Å²) in [5.41, 5.74) is 1.51. The maximum absolute atomic E-state index is 13.0. The van der Waals surface area contributed by atoms with Crippen molar-refractivity contribution in [2.45, 2.75) is 77.7 Å². The molecule has 1 atom stereocenters. The molecule has 1 aliphatic heterocycles. The van der Waals surface area contributed by atoms with Gasteiger partial charge in [0.1, 0.15) is 6.04 Å². The molecule has 6 nitrogen and oxygen atoms in total.